The molecular formula is C12H11IN2O. The molecule has 1 heterocycles. The van der Waals surface area contributed by atoms with Crippen molar-refractivity contribution in [2.75, 3.05) is 0 Å². The summed E-state index contributed by atoms with van der Waals surface area (Å²) >= 11 is 2.24. The lowest BCUT2D eigenvalue weighted by Crippen LogP contribution is -1.97. The summed E-state index contributed by atoms with van der Waals surface area (Å²) in [5.74, 6) is 1.36. The fourth-order valence-corrected chi connectivity index (χ4v) is 1.80. The minimum absolute atomic E-state index is 0.491. The molecule has 2 N–H and O–H groups in total. The number of aromatic nitrogens is 1. The minimum atomic E-state index is 0.491. The van der Waals surface area contributed by atoms with E-state index in [2.05, 4.69) is 27.6 Å². The standard InChI is InChI=1S/C12H11IN2O/c13-10-2-1-3-11(7-10)16-12-6-9(8-14)4-5-15-12/h1-7H,8,14H2. The molecule has 82 valence electrons. The number of nitrogens with zero attached hydrogens (tertiary/aromatic N) is 1. The van der Waals surface area contributed by atoms with Crippen LogP contribution in [0.15, 0.2) is 42.6 Å². The summed E-state index contributed by atoms with van der Waals surface area (Å²) in [6.45, 7) is 0.491. The van der Waals surface area contributed by atoms with Crippen molar-refractivity contribution in [2.24, 2.45) is 5.73 Å². The largest absolute Gasteiger partial charge is 0.439 e. The Balaban J connectivity index is 2.20. The van der Waals surface area contributed by atoms with Crippen molar-refractivity contribution in [2.45, 2.75) is 6.54 Å². The molecule has 0 fully saturated rings. The third-order valence-electron chi connectivity index (χ3n) is 2.05. The van der Waals surface area contributed by atoms with Crippen LogP contribution in [0.3, 0.4) is 0 Å². The summed E-state index contributed by atoms with van der Waals surface area (Å²) in [5, 5.41) is 0. The Kier molecular flexibility index (Phi) is 3.74. The molecule has 0 spiro atoms. The predicted molar refractivity (Wildman–Crippen MR) is 71.4 cm³/mol. The van der Waals surface area contributed by atoms with Crippen molar-refractivity contribution in [1.29, 1.82) is 0 Å². The molecule has 0 amide bonds. The maximum atomic E-state index is 5.63. The fraction of sp³-hybridized carbons (Fsp3) is 0.0833. The Morgan fingerprint density at radius 2 is 2.12 bits per heavy atom. The molecule has 0 radical (unpaired) electrons. The van der Waals surface area contributed by atoms with Crippen LogP contribution in [0, 0.1) is 3.57 Å². The van der Waals surface area contributed by atoms with Gasteiger partial charge in [-0.3, -0.25) is 0 Å². The highest BCUT2D eigenvalue weighted by Gasteiger charge is 2.00. The first-order valence-corrected chi connectivity index (χ1v) is 5.94. The average molecular weight is 326 g/mol. The Morgan fingerprint density at radius 1 is 1.25 bits per heavy atom. The van der Waals surface area contributed by atoms with Crippen LogP contribution in [0.1, 0.15) is 5.56 Å². The maximum Gasteiger partial charge on any atom is 0.219 e. The Bertz CT molecular complexity index is 488. The van der Waals surface area contributed by atoms with Crippen LogP contribution in [-0.4, -0.2) is 4.98 Å². The molecule has 3 nitrogen and oxygen atoms in total. The van der Waals surface area contributed by atoms with Crippen LogP contribution in [0.25, 0.3) is 0 Å². The van der Waals surface area contributed by atoms with Gasteiger partial charge in [-0.2, -0.15) is 0 Å². The average Bonchev–Trinajstić information content (AvgIpc) is 2.29. The Hall–Kier alpha value is -1.14. The molecule has 16 heavy (non-hydrogen) atoms. The summed E-state index contributed by atoms with van der Waals surface area (Å²) in [6, 6.07) is 11.5. The minimum Gasteiger partial charge on any atom is -0.439 e. The highest BCUT2D eigenvalue weighted by molar-refractivity contribution is 14.1. The number of hydrogen-bond acceptors (Lipinski definition) is 3. The first-order valence-electron chi connectivity index (χ1n) is 4.86. The molecule has 0 aliphatic carbocycles. The fourth-order valence-electron chi connectivity index (χ4n) is 1.28. The quantitative estimate of drug-likeness (QED) is 0.883. The molecule has 0 aliphatic rings. The van der Waals surface area contributed by atoms with Gasteiger partial charge in [0.1, 0.15) is 5.75 Å². The predicted octanol–water partition coefficient (Wildman–Crippen LogP) is 2.94. The molecule has 0 saturated heterocycles. The van der Waals surface area contributed by atoms with E-state index in [9.17, 15) is 0 Å². The molecule has 4 heteroatoms. The van der Waals surface area contributed by atoms with Crippen LogP contribution < -0.4 is 10.5 Å². The van der Waals surface area contributed by atoms with Gasteiger partial charge < -0.3 is 10.5 Å². The van der Waals surface area contributed by atoms with Gasteiger partial charge in [0, 0.05) is 22.4 Å². The van der Waals surface area contributed by atoms with Crippen molar-refractivity contribution in [1.82, 2.24) is 4.98 Å². The van der Waals surface area contributed by atoms with Crippen molar-refractivity contribution >= 4 is 22.6 Å². The lowest BCUT2D eigenvalue weighted by molar-refractivity contribution is 0.462. The third-order valence-corrected chi connectivity index (χ3v) is 2.72. The van der Waals surface area contributed by atoms with Crippen LogP contribution >= 0.6 is 22.6 Å². The van der Waals surface area contributed by atoms with E-state index in [1.54, 1.807) is 6.20 Å². The summed E-state index contributed by atoms with van der Waals surface area (Å²) in [7, 11) is 0. The zero-order valence-electron chi connectivity index (χ0n) is 8.56. The number of ether oxygens (including phenoxy) is 1. The molecule has 1 aromatic carbocycles. The molecular weight excluding hydrogens is 315 g/mol. The monoisotopic (exact) mass is 326 g/mol. The molecule has 1 aromatic heterocycles. The van der Waals surface area contributed by atoms with E-state index in [1.807, 2.05) is 36.4 Å². The smallest absolute Gasteiger partial charge is 0.219 e. The van der Waals surface area contributed by atoms with Gasteiger partial charge >= 0.3 is 0 Å². The van der Waals surface area contributed by atoms with Crippen LogP contribution in [0.2, 0.25) is 0 Å². The molecule has 2 rings (SSSR count). The second-order valence-electron chi connectivity index (χ2n) is 3.27. The molecule has 0 bridgehead atoms. The van der Waals surface area contributed by atoms with Crippen molar-refractivity contribution in [3.8, 4) is 11.6 Å². The topological polar surface area (TPSA) is 48.1 Å². The van der Waals surface area contributed by atoms with Crippen LogP contribution in [-0.2, 0) is 6.54 Å². The first-order chi connectivity index (χ1) is 7.78. The first kappa shape index (κ1) is 11.3. The third kappa shape index (κ3) is 2.93. The highest BCUT2D eigenvalue weighted by Crippen LogP contribution is 2.21. The number of nitrogens with two attached hydrogens (primary N) is 1. The van der Waals surface area contributed by atoms with Crippen molar-refractivity contribution in [3.05, 3.63) is 51.7 Å². The van der Waals surface area contributed by atoms with Gasteiger partial charge in [0.15, 0.2) is 0 Å². The molecule has 0 saturated carbocycles. The number of hydrogen-bond donors (Lipinski definition) is 1. The summed E-state index contributed by atoms with van der Waals surface area (Å²) in [5.41, 5.74) is 6.56. The SMILES string of the molecule is NCc1ccnc(Oc2cccc(I)c2)c1. The number of pyridine rings is 1. The van der Waals surface area contributed by atoms with E-state index >= 15 is 0 Å². The van der Waals surface area contributed by atoms with Gasteiger partial charge in [-0.05, 0) is 52.4 Å². The Morgan fingerprint density at radius 3 is 2.88 bits per heavy atom. The van der Waals surface area contributed by atoms with Gasteiger partial charge in [-0.1, -0.05) is 6.07 Å². The summed E-state index contributed by atoms with van der Waals surface area (Å²) in [6.07, 6.45) is 1.70. The van der Waals surface area contributed by atoms with Gasteiger partial charge in [-0.15, -0.1) is 0 Å². The van der Waals surface area contributed by atoms with Crippen molar-refractivity contribution in [3.63, 3.8) is 0 Å². The number of rotatable bonds is 3. The van der Waals surface area contributed by atoms with Gasteiger partial charge in [0.25, 0.3) is 0 Å². The van der Waals surface area contributed by atoms with E-state index in [-0.39, 0.29) is 0 Å². The van der Waals surface area contributed by atoms with Crippen LogP contribution in [0.4, 0.5) is 0 Å². The molecule has 0 aliphatic heterocycles. The van der Waals surface area contributed by atoms with E-state index in [0.29, 0.717) is 12.4 Å². The zero-order chi connectivity index (χ0) is 11.4. The summed E-state index contributed by atoms with van der Waals surface area (Å²) in [4.78, 5) is 4.13. The van der Waals surface area contributed by atoms with E-state index < -0.39 is 0 Å². The second kappa shape index (κ2) is 5.27. The van der Waals surface area contributed by atoms with Gasteiger partial charge in [0.2, 0.25) is 5.88 Å². The lowest BCUT2D eigenvalue weighted by atomic mass is 10.3. The lowest BCUT2D eigenvalue weighted by Gasteiger charge is -2.05. The zero-order valence-corrected chi connectivity index (χ0v) is 10.7. The number of halogens is 1. The van der Waals surface area contributed by atoms with Crippen LogP contribution in [0.5, 0.6) is 11.6 Å². The number of benzene rings is 1. The van der Waals surface area contributed by atoms with Crippen molar-refractivity contribution < 1.29 is 4.74 Å². The highest BCUT2D eigenvalue weighted by atomic mass is 127. The van der Waals surface area contributed by atoms with E-state index in [1.165, 1.54) is 0 Å². The maximum absolute atomic E-state index is 5.63. The normalized spacial score (nSPS) is 10.1. The second-order valence-corrected chi connectivity index (χ2v) is 4.51. The summed E-state index contributed by atoms with van der Waals surface area (Å²) < 4.78 is 6.76. The van der Waals surface area contributed by atoms with E-state index in [0.717, 1.165) is 14.9 Å². The van der Waals surface area contributed by atoms with Gasteiger partial charge in [-0.25, -0.2) is 4.98 Å². The Labute approximate surface area is 108 Å². The molecule has 2 aromatic rings. The van der Waals surface area contributed by atoms with Gasteiger partial charge in [0.05, 0.1) is 0 Å². The van der Waals surface area contributed by atoms with E-state index in [4.69, 9.17) is 10.5 Å². The molecule has 0 atom stereocenters. The molecule has 0 unspecified atom stereocenters.